The van der Waals surface area contributed by atoms with Crippen molar-refractivity contribution in [2.75, 3.05) is 0 Å². The van der Waals surface area contributed by atoms with E-state index in [0.717, 1.165) is 0 Å². The second-order valence-corrected chi connectivity index (χ2v) is 14.9. The van der Waals surface area contributed by atoms with Gasteiger partial charge in [-0.2, -0.15) is 0 Å². The van der Waals surface area contributed by atoms with Gasteiger partial charge < -0.3 is 0 Å². The highest BCUT2D eigenvalue weighted by atomic mass is 32.1. The molecular formula is C50H38S+2. The van der Waals surface area contributed by atoms with Crippen LogP contribution in [0.2, 0.25) is 0 Å². The van der Waals surface area contributed by atoms with Crippen LogP contribution in [0.1, 0.15) is 54.3 Å². The maximum atomic E-state index is 2.41. The zero-order chi connectivity index (χ0) is 34.6. The lowest BCUT2D eigenvalue weighted by atomic mass is 9.86. The van der Waals surface area contributed by atoms with Gasteiger partial charge >= 0.3 is 0 Å². The molecule has 0 saturated carbocycles. The van der Waals surface area contributed by atoms with Crippen molar-refractivity contribution < 1.29 is 0 Å². The third-order valence-corrected chi connectivity index (χ3v) is 11.8. The van der Waals surface area contributed by atoms with Gasteiger partial charge in [0.15, 0.2) is 0 Å². The van der Waals surface area contributed by atoms with E-state index in [1.165, 1.54) is 111 Å². The van der Waals surface area contributed by atoms with Gasteiger partial charge in [-0.25, -0.2) is 0 Å². The first-order valence-electron chi connectivity index (χ1n) is 17.8. The monoisotopic (exact) mass is 670 g/mol. The molecule has 242 valence electrons. The number of rotatable bonds is 6. The van der Waals surface area contributed by atoms with Crippen LogP contribution in [-0.4, -0.2) is 0 Å². The third-order valence-electron chi connectivity index (χ3n) is 10.6. The molecule has 8 aliphatic rings. The maximum Gasteiger partial charge on any atom is 0.0996 e. The van der Waals surface area contributed by atoms with Crippen molar-refractivity contribution in [3.8, 4) is 44.5 Å². The lowest BCUT2D eigenvalue weighted by Crippen LogP contribution is -2.03. The Bertz CT molecular complexity index is 2210. The van der Waals surface area contributed by atoms with Gasteiger partial charge in [-0.05, 0) is 98.5 Å². The lowest BCUT2D eigenvalue weighted by Gasteiger charge is -2.13. The Morgan fingerprint density at radius 3 is 0.784 bits per heavy atom. The molecule has 0 unspecified atom stereocenters. The molecule has 0 bridgehead atoms. The van der Waals surface area contributed by atoms with Crippen molar-refractivity contribution in [3.63, 3.8) is 0 Å². The molecule has 1 aromatic heterocycles. The number of fused-ring (bicyclic) bond motifs is 4. The Morgan fingerprint density at radius 2 is 0.529 bits per heavy atom. The van der Waals surface area contributed by atoms with Gasteiger partial charge in [0.2, 0.25) is 0 Å². The first-order chi connectivity index (χ1) is 25.0. The standard InChI is InChI=1S/C50H38S/c1-31-27-43(39-21-13-5-9-17-35(31)39)49(44-28-32(2)36-18-10-6-14-22-40(36)44)47-25-26-48(51-47)50(45-29-33(3)37-19-11-7-15-23-41(37)45)46-30-34(4)38-20-12-8-16-24-42(38)46/h5-30H,1-4H3/q+2. The number of hydrogen-bond donors (Lipinski definition) is 0. The average molecular weight is 671 g/mol. The zero-order valence-electron chi connectivity index (χ0n) is 29.4. The molecule has 0 aromatic carbocycles. The van der Waals surface area contributed by atoms with E-state index in [-0.39, 0.29) is 0 Å². The summed E-state index contributed by atoms with van der Waals surface area (Å²) in [6.45, 7) is 8.98. The van der Waals surface area contributed by atoms with Crippen LogP contribution in [0.3, 0.4) is 0 Å². The molecule has 51 heavy (non-hydrogen) atoms. The smallest absolute Gasteiger partial charge is 0.0996 e. The highest BCUT2D eigenvalue weighted by Gasteiger charge is 2.39. The van der Waals surface area contributed by atoms with E-state index in [2.05, 4.69) is 185 Å². The van der Waals surface area contributed by atoms with E-state index in [1.54, 1.807) is 0 Å². The van der Waals surface area contributed by atoms with Crippen molar-refractivity contribution in [1.29, 1.82) is 0 Å². The summed E-state index contributed by atoms with van der Waals surface area (Å²) >= 11 is 1.92. The summed E-state index contributed by atoms with van der Waals surface area (Å²) < 4.78 is 0. The van der Waals surface area contributed by atoms with Gasteiger partial charge in [-0.1, -0.05) is 72.8 Å². The first-order valence-corrected chi connectivity index (χ1v) is 18.6. The minimum absolute atomic E-state index is 1.27. The molecule has 0 amide bonds. The topological polar surface area (TPSA) is 0 Å². The van der Waals surface area contributed by atoms with Crippen LogP contribution in [0.15, 0.2) is 158 Å². The second kappa shape index (κ2) is 12.5. The molecule has 0 radical (unpaired) electrons. The van der Waals surface area contributed by atoms with Crippen LogP contribution in [0.4, 0.5) is 0 Å². The van der Waals surface area contributed by atoms with E-state index >= 15 is 0 Å². The van der Waals surface area contributed by atoms with E-state index in [1.807, 2.05) is 11.3 Å². The molecule has 0 nitrogen and oxygen atoms in total. The number of hydrogen-bond acceptors (Lipinski definition) is 1. The van der Waals surface area contributed by atoms with Crippen LogP contribution >= 0.6 is 11.3 Å². The second-order valence-electron chi connectivity index (χ2n) is 13.8. The summed E-state index contributed by atoms with van der Waals surface area (Å²) in [6.07, 6.45) is 0. The van der Waals surface area contributed by atoms with E-state index in [9.17, 15) is 0 Å². The minimum Gasteiger partial charge on any atom is -0.105 e. The first kappa shape index (κ1) is 31.2. The van der Waals surface area contributed by atoms with E-state index < -0.39 is 0 Å². The van der Waals surface area contributed by atoms with E-state index in [4.69, 9.17) is 0 Å². The zero-order valence-corrected chi connectivity index (χ0v) is 30.2. The van der Waals surface area contributed by atoms with Crippen LogP contribution in [0.5, 0.6) is 0 Å². The molecule has 1 heterocycles. The number of aryl methyl sites for hydroxylation is 4. The van der Waals surface area contributed by atoms with Crippen molar-refractivity contribution in [1.82, 2.24) is 0 Å². The predicted octanol–water partition coefficient (Wildman–Crippen LogP) is 13.4. The van der Waals surface area contributed by atoms with Gasteiger partial charge in [-0.3, -0.25) is 0 Å². The third kappa shape index (κ3) is 5.20. The summed E-state index contributed by atoms with van der Waals surface area (Å²) in [7, 11) is 0. The van der Waals surface area contributed by atoms with Crippen LogP contribution in [-0.2, 0) is 0 Å². The summed E-state index contributed by atoms with van der Waals surface area (Å²) in [5, 5.41) is 0. The van der Waals surface area contributed by atoms with Crippen LogP contribution < -0.4 is 0 Å². The maximum absolute atomic E-state index is 2.41. The Hall–Kier alpha value is -5.76. The quantitative estimate of drug-likeness (QED) is 0.154. The van der Waals surface area contributed by atoms with Crippen molar-refractivity contribution in [2.45, 2.75) is 27.7 Å². The predicted molar refractivity (Wildman–Crippen MR) is 217 cm³/mol. The minimum atomic E-state index is 1.27. The van der Waals surface area contributed by atoms with Crippen molar-refractivity contribution >= 4 is 11.3 Å². The summed E-state index contributed by atoms with van der Waals surface area (Å²) in [5.74, 6) is 2.59. The molecule has 1 aromatic rings. The highest BCUT2D eigenvalue weighted by molar-refractivity contribution is 7.13. The molecule has 1 heteroatoms. The molecule has 0 atom stereocenters. The fourth-order valence-corrected chi connectivity index (χ4v) is 9.40. The fourth-order valence-electron chi connectivity index (χ4n) is 8.25. The van der Waals surface area contributed by atoms with Crippen LogP contribution in [0, 0.1) is 39.5 Å². The molecule has 0 spiro atoms. The van der Waals surface area contributed by atoms with Gasteiger partial charge in [0, 0.05) is 80.9 Å². The Labute approximate surface area is 306 Å². The van der Waals surface area contributed by atoms with Crippen LogP contribution in [0.25, 0.3) is 44.5 Å². The summed E-state index contributed by atoms with van der Waals surface area (Å²) in [6, 6.07) is 58.4. The molecule has 0 fully saturated rings. The normalized spacial score (nSPS) is 11.5. The molecular weight excluding hydrogens is 633 g/mol. The SMILES string of the molecule is Cc1cc([C+](c2ccc([C+](c3cc(C)c4cccccc3-4)c3cc(C)c4cccccc3-4)s2)c2cc(C)c3cccccc2-3)c2cccccc1-2. The molecule has 9 rings (SSSR count). The average Bonchev–Trinajstić information content (AvgIpc) is 3.67. The highest BCUT2D eigenvalue weighted by Crippen LogP contribution is 2.51. The van der Waals surface area contributed by atoms with Gasteiger partial charge in [-0.15, -0.1) is 11.3 Å². The fraction of sp³-hybridized carbons (Fsp3) is 0.0800. The van der Waals surface area contributed by atoms with Gasteiger partial charge in [0.1, 0.15) is 0 Å². The Balaban J connectivity index is 1.30. The van der Waals surface area contributed by atoms with E-state index in [0.29, 0.717) is 0 Å². The molecule has 0 aliphatic heterocycles. The largest absolute Gasteiger partial charge is 0.105 e. The lowest BCUT2D eigenvalue weighted by molar-refractivity contribution is 1.29. The Kier molecular flexibility index (Phi) is 7.68. The summed E-state index contributed by atoms with van der Waals surface area (Å²) in [4.78, 5) is 2.55. The molecule has 0 saturated heterocycles. The van der Waals surface area contributed by atoms with Gasteiger partial charge in [0.25, 0.3) is 0 Å². The summed E-state index contributed by atoms with van der Waals surface area (Å²) in [5.41, 5.74) is 20.7. The molecule has 0 N–H and O–H groups in total. The number of thiophene rings is 1. The van der Waals surface area contributed by atoms with Crippen molar-refractivity contribution in [2.24, 2.45) is 0 Å². The molecule has 8 aliphatic carbocycles. The Morgan fingerprint density at radius 1 is 0.294 bits per heavy atom. The van der Waals surface area contributed by atoms with Crippen molar-refractivity contribution in [3.05, 3.63) is 224 Å². The van der Waals surface area contributed by atoms with Gasteiger partial charge in [0.05, 0.1) is 43.8 Å².